The van der Waals surface area contributed by atoms with Gasteiger partial charge in [0.2, 0.25) is 0 Å². The molecule has 21 heavy (non-hydrogen) atoms. The van der Waals surface area contributed by atoms with Crippen LogP contribution >= 0.6 is 11.8 Å². The molecule has 5 heteroatoms. The van der Waals surface area contributed by atoms with Crippen molar-refractivity contribution in [2.75, 3.05) is 0 Å². The van der Waals surface area contributed by atoms with Crippen molar-refractivity contribution in [2.45, 2.75) is 10.3 Å². The summed E-state index contributed by atoms with van der Waals surface area (Å²) >= 11 is 1.14. The molecule has 0 aliphatic carbocycles. The lowest BCUT2D eigenvalue weighted by Crippen LogP contribution is -2.28. The van der Waals surface area contributed by atoms with Crippen LogP contribution in [0, 0.1) is 0 Å². The van der Waals surface area contributed by atoms with Crippen molar-refractivity contribution in [3.8, 4) is 0 Å². The number of hydrogen-bond acceptors (Lipinski definition) is 5. The first kappa shape index (κ1) is 13.6. The van der Waals surface area contributed by atoms with E-state index in [1.54, 1.807) is 30.5 Å². The predicted octanol–water partition coefficient (Wildman–Crippen LogP) is 2.21. The molecule has 3 rings (SSSR count). The van der Waals surface area contributed by atoms with Crippen molar-refractivity contribution >= 4 is 28.5 Å². The van der Waals surface area contributed by atoms with Crippen LogP contribution in [0.2, 0.25) is 0 Å². The van der Waals surface area contributed by atoms with E-state index in [-0.39, 0.29) is 0 Å². The minimum Gasteiger partial charge on any atom is -0.549 e. The van der Waals surface area contributed by atoms with Gasteiger partial charge >= 0.3 is 0 Å². The van der Waals surface area contributed by atoms with E-state index in [0.717, 1.165) is 22.5 Å². The molecule has 4 nitrogen and oxygen atoms in total. The second kappa shape index (κ2) is 5.93. The van der Waals surface area contributed by atoms with Crippen molar-refractivity contribution in [1.82, 2.24) is 10.2 Å². The van der Waals surface area contributed by atoms with Crippen molar-refractivity contribution in [1.29, 1.82) is 0 Å². The lowest BCUT2D eigenvalue weighted by Gasteiger charge is -2.17. The molecule has 2 aromatic carbocycles. The zero-order chi connectivity index (χ0) is 14.7. The topological polar surface area (TPSA) is 65.9 Å². The summed E-state index contributed by atoms with van der Waals surface area (Å²) in [5, 5.41) is 21.1. The number of aliphatic carboxylic acids is 1. The van der Waals surface area contributed by atoms with Crippen LogP contribution in [-0.2, 0) is 4.79 Å². The second-order valence-electron chi connectivity index (χ2n) is 4.46. The van der Waals surface area contributed by atoms with Gasteiger partial charge in [-0.1, -0.05) is 66.4 Å². The van der Waals surface area contributed by atoms with Gasteiger partial charge in [-0.15, -0.1) is 5.10 Å². The average molecular weight is 295 g/mol. The van der Waals surface area contributed by atoms with Gasteiger partial charge in [-0.3, -0.25) is 0 Å². The van der Waals surface area contributed by atoms with Crippen LogP contribution in [-0.4, -0.2) is 16.2 Å². The SMILES string of the molecule is O=C([O-])[C@H](Sc1nncc2ccccc12)c1ccccc1. The van der Waals surface area contributed by atoms with E-state index in [1.165, 1.54) is 0 Å². The molecule has 0 radical (unpaired) electrons. The third-order valence-corrected chi connectivity index (χ3v) is 4.31. The van der Waals surface area contributed by atoms with Crippen molar-refractivity contribution in [2.24, 2.45) is 0 Å². The number of rotatable bonds is 4. The number of benzene rings is 2. The molecule has 0 aliphatic heterocycles. The summed E-state index contributed by atoms with van der Waals surface area (Å²) in [5.41, 5.74) is 0.678. The van der Waals surface area contributed by atoms with E-state index in [1.807, 2.05) is 30.3 Å². The lowest BCUT2D eigenvalue weighted by molar-refractivity contribution is -0.305. The number of fused-ring (bicyclic) bond motifs is 1. The lowest BCUT2D eigenvalue weighted by atomic mass is 10.1. The van der Waals surface area contributed by atoms with Crippen LogP contribution < -0.4 is 5.11 Å². The van der Waals surface area contributed by atoms with Crippen LogP contribution in [0.15, 0.2) is 65.8 Å². The van der Waals surface area contributed by atoms with E-state index in [9.17, 15) is 9.90 Å². The molecule has 0 saturated heterocycles. The largest absolute Gasteiger partial charge is 0.549 e. The second-order valence-corrected chi connectivity index (χ2v) is 5.56. The summed E-state index contributed by atoms with van der Waals surface area (Å²) in [5.74, 6) is -1.14. The van der Waals surface area contributed by atoms with Gasteiger partial charge in [0.1, 0.15) is 5.03 Å². The van der Waals surface area contributed by atoms with Gasteiger partial charge in [-0.2, -0.15) is 5.10 Å². The molecule has 1 aromatic heterocycles. The molecule has 0 bridgehead atoms. The molecular weight excluding hydrogens is 284 g/mol. The highest BCUT2D eigenvalue weighted by atomic mass is 32.2. The van der Waals surface area contributed by atoms with Gasteiger partial charge in [-0.05, 0) is 5.56 Å². The van der Waals surface area contributed by atoms with Gasteiger partial charge in [-0.25, -0.2) is 0 Å². The number of aromatic nitrogens is 2. The molecule has 104 valence electrons. The summed E-state index contributed by atoms with van der Waals surface area (Å²) < 4.78 is 0. The summed E-state index contributed by atoms with van der Waals surface area (Å²) in [6, 6.07) is 16.6. The molecule has 0 amide bonds. The Labute approximate surface area is 125 Å². The molecule has 0 unspecified atom stereocenters. The van der Waals surface area contributed by atoms with E-state index in [2.05, 4.69) is 10.2 Å². The molecule has 0 N–H and O–H groups in total. The smallest absolute Gasteiger partial charge is 0.128 e. The minimum atomic E-state index is -1.14. The quantitative estimate of drug-likeness (QED) is 0.690. The Kier molecular flexibility index (Phi) is 3.83. The highest BCUT2D eigenvalue weighted by Gasteiger charge is 2.17. The zero-order valence-electron chi connectivity index (χ0n) is 11.0. The van der Waals surface area contributed by atoms with Crippen LogP contribution in [0.3, 0.4) is 0 Å². The maximum atomic E-state index is 11.5. The summed E-state index contributed by atoms with van der Waals surface area (Å²) in [6.45, 7) is 0. The number of thioether (sulfide) groups is 1. The number of nitrogens with zero attached hydrogens (tertiary/aromatic N) is 2. The Morgan fingerprint density at radius 2 is 1.76 bits per heavy atom. The molecule has 0 spiro atoms. The standard InChI is InChI=1S/C16H12N2O2S/c19-16(20)14(11-6-2-1-3-7-11)21-15-13-9-5-4-8-12(13)10-17-18-15/h1-10,14H,(H,19,20)/p-1/t14-/m1/s1. The zero-order valence-corrected chi connectivity index (χ0v) is 11.8. The van der Waals surface area contributed by atoms with E-state index in [0.29, 0.717) is 10.6 Å². The minimum absolute atomic E-state index is 0.589. The first-order valence-electron chi connectivity index (χ1n) is 6.38. The molecule has 1 heterocycles. The fourth-order valence-electron chi connectivity index (χ4n) is 2.08. The van der Waals surface area contributed by atoms with Crippen LogP contribution in [0.4, 0.5) is 0 Å². The Morgan fingerprint density at radius 3 is 2.52 bits per heavy atom. The molecule has 0 saturated carbocycles. The Morgan fingerprint density at radius 1 is 1.05 bits per heavy atom. The van der Waals surface area contributed by atoms with Gasteiger partial charge < -0.3 is 9.90 Å². The number of carboxylic acid groups (broad SMARTS) is 1. The van der Waals surface area contributed by atoms with Crippen LogP contribution in [0.1, 0.15) is 10.8 Å². The van der Waals surface area contributed by atoms with Gasteiger partial charge in [0.05, 0.1) is 17.4 Å². The van der Waals surface area contributed by atoms with E-state index >= 15 is 0 Å². The average Bonchev–Trinajstić information content (AvgIpc) is 2.53. The Hall–Kier alpha value is -2.40. The Bertz CT molecular complexity index is 772. The van der Waals surface area contributed by atoms with Crippen LogP contribution in [0.5, 0.6) is 0 Å². The molecule has 0 aliphatic rings. The molecule has 1 atom stereocenters. The van der Waals surface area contributed by atoms with Crippen molar-refractivity contribution in [3.05, 3.63) is 66.4 Å². The first-order valence-corrected chi connectivity index (χ1v) is 7.26. The maximum Gasteiger partial charge on any atom is 0.128 e. The van der Waals surface area contributed by atoms with Gasteiger partial charge in [0, 0.05) is 10.8 Å². The number of carbonyl (C=O) groups is 1. The normalized spacial score (nSPS) is 12.2. The third kappa shape index (κ3) is 2.87. The van der Waals surface area contributed by atoms with Crippen LogP contribution in [0.25, 0.3) is 10.8 Å². The van der Waals surface area contributed by atoms with Gasteiger partial charge in [0.15, 0.2) is 0 Å². The highest BCUT2D eigenvalue weighted by Crippen LogP contribution is 2.36. The van der Waals surface area contributed by atoms with Crippen molar-refractivity contribution in [3.63, 3.8) is 0 Å². The number of hydrogen-bond donors (Lipinski definition) is 0. The summed E-state index contributed by atoms with van der Waals surface area (Å²) in [6.07, 6.45) is 1.66. The fraction of sp³-hybridized carbons (Fsp3) is 0.0625. The van der Waals surface area contributed by atoms with Gasteiger partial charge in [0.25, 0.3) is 0 Å². The first-order chi connectivity index (χ1) is 10.3. The third-order valence-electron chi connectivity index (χ3n) is 3.08. The summed E-state index contributed by atoms with van der Waals surface area (Å²) in [7, 11) is 0. The summed E-state index contributed by atoms with van der Waals surface area (Å²) in [4.78, 5) is 11.5. The molecular formula is C16H11N2O2S-. The maximum absolute atomic E-state index is 11.5. The highest BCUT2D eigenvalue weighted by molar-refractivity contribution is 8.00. The molecule has 0 fully saturated rings. The monoisotopic (exact) mass is 295 g/mol. The number of carboxylic acids is 1. The van der Waals surface area contributed by atoms with E-state index in [4.69, 9.17) is 0 Å². The predicted molar refractivity (Wildman–Crippen MR) is 79.6 cm³/mol. The van der Waals surface area contributed by atoms with E-state index < -0.39 is 11.2 Å². The fourth-order valence-corrected chi connectivity index (χ4v) is 3.10. The Balaban J connectivity index is 2.01. The number of carbonyl (C=O) groups excluding carboxylic acids is 1. The van der Waals surface area contributed by atoms with Crippen molar-refractivity contribution < 1.29 is 9.90 Å². The molecule has 3 aromatic rings.